The number of hydrogen-bond donors (Lipinski definition) is 1. The first-order valence-electron chi connectivity index (χ1n) is 5.08. The van der Waals surface area contributed by atoms with E-state index in [0.29, 0.717) is 12.0 Å². The standard InChI is InChI=1S/C11H17NS/c1-8-6-7-13-11(8)9-4-2-3-5-10(9)12/h6-7,9-10H,2-5,12H2,1H3. The Morgan fingerprint density at radius 2 is 2.15 bits per heavy atom. The van der Waals surface area contributed by atoms with E-state index in [9.17, 15) is 0 Å². The molecule has 0 aromatic carbocycles. The van der Waals surface area contributed by atoms with Crippen LogP contribution in [0.15, 0.2) is 11.4 Å². The molecule has 2 rings (SSSR count). The molecular weight excluding hydrogens is 178 g/mol. The third-order valence-corrected chi connectivity index (χ3v) is 4.21. The molecule has 1 heterocycles. The van der Waals surface area contributed by atoms with Crippen molar-refractivity contribution in [3.8, 4) is 0 Å². The van der Waals surface area contributed by atoms with Crippen LogP contribution >= 0.6 is 11.3 Å². The maximum Gasteiger partial charge on any atom is 0.0121 e. The van der Waals surface area contributed by atoms with E-state index in [2.05, 4.69) is 18.4 Å². The SMILES string of the molecule is Cc1ccsc1C1CCCCC1N. The number of rotatable bonds is 1. The van der Waals surface area contributed by atoms with Crippen LogP contribution in [0.1, 0.15) is 42.0 Å². The van der Waals surface area contributed by atoms with Crippen LogP contribution < -0.4 is 5.73 Å². The Bertz CT molecular complexity index is 279. The van der Waals surface area contributed by atoms with E-state index in [0.717, 1.165) is 0 Å². The number of aryl methyl sites for hydroxylation is 1. The van der Waals surface area contributed by atoms with Gasteiger partial charge in [-0.3, -0.25) is 0 Å². The predicted octanol–water partition coefficient (Wildman–Crippen LogP) is 3.04. The van der Waals surface area contributed by atoms with Gasteiger partial charge >= 0.3 is 0 Å². The first kappa shape index (κ1) is 9.22. The first-order valence-corrected chi connectivity index (χ1v) is 5.96. The number of hydrogen-bond acceptors (Lipinski definition) is 2. The van der Waals surface area contributed by atoms with Gasteiger partial charge in [-0.15, -0.1) is 11.3 Å². The topological polar surface area (TPSA) is 26.0 Å². The summed E-state index contributed by atoms with van der Waals surface area (Å²) in [5.41, 5.74) is 7.58. The lowest BCUT2D eigenvalue weighted by atomic mass is 9.83. The molecule has 2 N–H and O–H groups in total. The zero-order valence-electron chi connectivity index (χ0n) is 8.12. The van der Waals surface area contributed by atoms with E-state index in [1.165, 1.54) is 36.1 Å². The van der Waals surface area contributed by atoms with Gasteiger partial charge in [0.15, 0.2) is 0 Å². The zero-order chi connectivity index (χ0) is 9.26. The van der Waals surface area contributed by atoms with Gasteiger partial charge in [-0.1, -0.05) is 12.8 Å². The molecule has 0 amide bonds. The average molecular weight is 195 g/mol. The summed E-state index contributed by atoms with van der Waals surface area (Å²) in [6, 6.07) is 2.62. The molecule has 2 unspecified atom stereocenters. The summed E-state index contributed by atoms with van der Waals surface area (Å²) in [7, 11) is 0. The molecule has 1 fully saturated rings. The number of nitrogens with two attached hydrogens (primary N) is 1. The van der Waals surface area contributed by atoms with Crippen LogP contribution in [0.5, 0.6) is 0 Å². The molecule has 1 aromatic rings. The highest BCUT2D eigenvalue weighted by Crippen LogP contribution is 2.36. The second-order valence-electron chi connectivity index (χ2n) is 4.02. The Kier molecular flexibility index (Phi) is 2.70. The molecule has 1 nitrogen and oxygen atoms in total. The lowest BCUT2D eigenvalue weighted by Gasteiger charge is -2.28. The normalized spacial score (nSPS) is 29.1. The fourth-order valence-electron chi connectivity index (χ4n) is 2.25. The molecule has 0 aliphatic heterocycles. The monoisotopic (exact) mass is 195 g/mol. The molecule has 1 saturated carbocycles. The Morgan fingerprint density at radius 3 is 2.77 bits per heavy atom. The van der Waals surface area contributed by atoms with Crippen molar-refractivity contribution in [2.24, 2.45) is 5.73 Å². The third-order valence-electron chi connectivity index (χ3n) is 3.06. The third kappa shape index (κ3) is 1.79. The Hall–Kier alpha value is -0.340. The van der Waals surface area contributed by atoms with Gasteiger partial charge in [-0.05, 0) is 36.8 Å². The van der Waals surface area contributed by atoms with Crippen LogP contribution in [0.3, 0.4) is 0 Å². The highest BCUT2D eigenvalue weighted by atomic mass is 32.1. The fourth-order valence-corrected chi connectivity index (χ4v) is 3.39. The Morgan fingerprint density at radius 1 is 1.38 bits per heavy atom. The highest BCUT2D eigenvalue weighted by Gasteiger charge is 2.25. The second-order valence-corrected chi connectivity index (χ2v) is 4.97. The number of thiophene rings is 1. The summed E-state index contributed by atoms with van der Waals surface area (Å²) in [6.45, 7) is 2.20. The minimum absolute atomic E-state index is 0.408. The van der Waals surface area contributed by atoms with Crippen LogP contribution in [-0.4, -0.2) is 6.04 Å². The summed E-state index contributed by atoms with van der Waals surface area (Å²) >= 11 is 1.88. The minimum Gasteiger partial charge on any atom is -0.327 e. The van der Waals surface area contributed by atoms with E-state index in [-0.39, 0.29) is 0 Å². The lowest BCUT2D eigenvalue weighted by Crippen LogP contribution is -2.31. The first-order chi connectivity index (χ1) is 6.29. The van der Waals surface area contributed by atoms with Crippen molar-refractivity contribution < 1.29 is 0 Å². The zero-order valence-corrected chi connectivity index (χ0v) is 8.94. The average Bonchev–Trinajstić information content (AvgIpc) is 2.52. The molecule has 2 atom stereocenters. The molecule has 1 aliphatic rings. The smallest absolute Gasteiger partial charge is 0.0121 e. The van der Waals surface area contributed by atoms with Gasteiger partial charge in [0.25, 0.3) is 0 Å². The van der Waals surface area contributed by atoms with Crippen LogP contribution in [0.2, 0.25) is 0 Å². The van der Waals surface area contributed by atoms with Crippen molar-refractivity contribution in [2.45, 2.75) is 44.6 Å². The van der Waals surface area contributed by atoms with Gasteiger partial charge in [0, 0.05) is 16.8 Å². The maximum atomic E-state index is 6.15. The van der Waals surface area contributed by atoms with Crippen molar-refractivity contribution in [1.82, 2.24) is 0 Å². The molecule has 0 saturated heterocycles. The van der Waals surface area contributed by atoms with Gasteiger partial charge in [-0.25, -0.2) is 0 Å². The fraction of sp³-hybridized carbons (Fsp3) is 0.636. The van der Waals surface area contributed by atoms with Crippen molar-refractivity contribution in [1.29, 1.82) is 0 Å². The Labute approximate surface area is 84.0 Å². The van der Waals surface area contributed by atoms with Gasteiger partial charge in [-0.2, -0.15) is 0 Å². The van der Waals surface area contributed by atoms with Gasteiger partial charge in [0.1, 0.15) is 0 Å². The summed E-state index contributed by atoms with van der Waals surface area (Å²) in [4.78, 5) is 1.53. The molecule has 0 bridgehead atoms. The van der Waals surface area contributed by atoms with Crippen LogP contribution in [-0.2, 0) is 0 Å². The maximum absolute atomic E-state index is 6.15. The summed E-state index contributed by atoms with van der Waals surface area (Å²) < 4.78 is 0. The molecule has 0 radical (unpaired) electrons. The van der Waals surface area contributed by atoms with Crippen LogP contribution in [0.25, 0.3) is 0 Å². The van der Waals surface area contributed by atoms with Gasteiger partial charge in [0.2, 0.25) is 0 Å². The van der Waals surface area contributed by atoms with Crippen molar-refractivity contribution in [3.63, 3.8) is 0 Å². The van der Waals surface area contributed by atoms with E-state index in [1.54, 1.807) is 0 Å². The molecule has 72 valence electrons. The van der Waals surface area contributed by atoms with Crippen LogP contribution in [0, 0.1) is 6.92 Å². The van der Waals surface area contributed by atoms with Crippen LogP contribution in [0.4, 0.5) is 0 Å². The van der Waals surface area contributed by atoms with Crippen molar-refractivity contribution >= 4 is 11.3 Å². The molecule has 2 heteroatoms. The van der Waals surface area contributed by atoms with E-state index >= 15 is 0 Å². The van der Waals surface area contributed by atoms with Crippen molar-refractivity contribution in [2.75, 3.05) is 0 Å². The molecule has 1 aliphatic carbocycles. The lowest BCUT2D eigenvalue weighted by molar-refractivity contribution is 0.388. The molecule has 13 heavy (non-hydrogen) atoms. The molecular formula is C11H17NS. The second kappa shape index (κ2) is 3.81. The molecule has 1 aromatic heterocycles. The summed E-state index contributed by atoms with van der Waals surface area (Å²) in [5.74, 6) is 0.647. The molecule has 0 spiro atoms. The van der Waals surface area contributed by atoms with E-state index in [4.69, 9.17) is 5.73 Å². The largest absolute Gasteiger partial charge is 0.327 e. The summed E-state index contributed by atoms with van der Waals surface area (Å²) in [5, 5.41) is 2.19. The van der Waals surface area contributed by atoms with Gasteiger partial charge in [0.05, 0.1) is 0 Å². The minimum atomic E-state index is 0.408. The van der Waals surface area contributed by atoms with Gasteiger partial charge < -0.3 is 5.73 Å². The highest BCUT2D eigenvalue weighted by molar-refractivity contribution is 7.10. The predicted molar refractivity (Wildman–Crippen MR) is 58.2 cm³/mol. The van der Waals surface area contributed by atoms with Crippen molar-refractivity contribution in [3.05, 3.63) is 21.9 Å². The quantitative estimate of drug-likeness (QED) is 0.732. The summed E-state index contributed by atoms with van der Waals surface area (Å²) in [6.07, 6.45) is 5.18. The Balaban J connectivity index is 2.19. The van der Waals surface area contributed by atoms with E-state index in [1.807, 2.05) is 11.3 Å². The van der Waals surface area contributed by atoms with E-state index < -0.39 is 0 Å².